The highest BCUT2D eigenvalue weighted by Crippen LogP contribution is 2.28. The fourth-order valence-electron chi connectivity index (χ4n) is 1.84. The first-order valence-corrected chi connectivity index (χ1v) is 6.88. The fraction of sp³-hybridized carbons (Fsp3) is 0.133. The van der Waals surface area contributed by atoms with E-state index in [0.717, 1.165) is 0 Å². The van der Waals surface area contributed by atoms with E-state index < -0.39 is 10.8 Å². The third-order valence-electron chi connectivity index (χ3n) is 2.86. The zero-order chi connectivity index (χ0) is 16.8. The molecule has 2 aromatic rings. The SMILES string of the molecule is COc1ccc(Cl)cc1NC(=O)COc1ccccc1[N+](=O)[O-]. The molecule has 23 heavy (non-hydrogen) atoms. The summed E-state index contributed by atoms with van der Waals surface area (Å²) in [5.41, 5.74) is 0.178. The Bertz CT molecular complexity index is 736. The van der Waals surface area contributed by atoms with Crippen molar-refractivity contribution in [2.24, 2.45) is 0 Å². The first-order chi connectivity index (χ1) is 11.0. The molecule has 0 heterocycles. The number of methoxy groups -OCH3 is 1. The van der Waals surface area contributed by atoms with Crippen molar-refractivity contribution in [3.05, 3.63) is 57.6 Å². The van der Waals surface area contributed by atoms with Crippen LogP contribution in [-0.4, -0.2) is 24.5 Å². The molecule has 0 saturated heterocycles. The lowest BCUT2D eigenvalue weighted by Gasteiger charge is -2.11. The summed E-state index contributed by atoms with van der Waals surface area (Å²) in [7, 11) is 1.46. The number of nitro groups is 1. The van der Waals surface area contributed by atoms with E-state index in [1.165, 1.54) is 31.4 Å². The number of benzene rings is 2. The quantitative estimate of drug-likeness (QED) is 0.645. The number of carbonyl (C=O) groups excluding carboxylic acids is 1. The Hall–Kier alpha value is -2.80. The molecule has 0 aliphatic heterocycles. The van der Waals surface area contributed by atoms with Crippen molar-refractivity contribution in [2.45, 2.75) is 0 Å². The summed E-state index contributed by atoms with van der Waals surface area (Å²) in [6.45, 7) is -0.388. The molecule has 0 unspecified atom stereocenters. The highest BCUT2D eigenvalue weighted by Gasteiger charge is 2.15. The van der Waals surface area contributed by atoms with E-state index in [2.05, 4.69) is 5.32 Å². The van der Waals surface area contributed by atoms with Crippen LogP contribution in [0.5, 0.6) is 11.5 Å². The van der Waals surface area contributed by atoms with Gasteiger partial charge in [-0.2, -0.15) is 0 Å². The lowest BCUT2D eigenvalue weighted by molar-refractivity contribution is -0.385. The maximum atomic E-state index is 11.9. The largest absolute Gasteiger partial charge is 0.495 e. The number of amides is 1. The van der Waals surface area contributed by atoms with Crippen molar-refractivity contribution in [3.63, 3.8) is 0 Å². The lowest BCUT2D eigenvalue weighted by atomic mass is 10.3. The van der Waals surface area contributed by atoms with E-state index in [1.807, 2.05) is 0 Å². The number of ether oxygens (including phenoxy) is 2. The van der Waals surface area contributed by atoms with E-state index in [9.17, 15) is 14.9 Å². The number of nitro benzene ring substituents is 1. The maximum absolute atomic E-state index is 11.9. The van der Waals surface area contributed by atoms with E-state index >= 15 is 0 Å². The minimum absolute atomic E-state index is 0.0192. The Morgan fingerprint density at radius 2 is 2.00 bits per heavy atom. The van der Waals surface area contributed by atoms with Crippen LogP contribution in [-0.2, 0) is 4.79 Å². The molecular formula is C15H13ClN2O5. The summed E-state index contributed by atoms with van der Waals surface area (Å²) < 4.78 is 10.3. The third-order valence-corrected chi connectivity index (χ3v) is 3.09. The first-order valence-electron chi connectivity index (χ1n) is 6.51. The van der Waals surface area contributed by atoms with Gasteiger partial charge in [-0.05, 0) is 24.3 Å². The van der Waals surface area contributed by atoms with Gasteiger partial charge in [0, 0.05) is 11.1 Å². The first kappa shape index (κ1) is 16.6. The molecular weight excluding hydrogens is 324 g/mol. The van der Waals surface area contributed by atoms with E-state index in [1.54, 1.807) is 18.2 Å². The smallest absolute Gasteiger partial charge is 0.310 e. The van der Waals surface area contributed by atoms with Gasteiger partial charge in [0.15, 0.2) is 12.4 Å². The predicted molar refractivity (Wildman–Crippen MR) is 85.2 cm³/mol. The van der Waals surface area contributed by atoms with Crippen LogP contribution in [0.1, 0.15) is 0 Å². The minimum atomic E-state index is -0.576. The van der Waals surface area contributed by atoms with Crippen LogP contribution >= 0.6 is 11.6 Å². The molecule has 1 N–H and O–H groups in total. The third kappa shape index (κ3) is 4.33. The molecule has 1 amide bonds. The van der Waals surface area contributed by atoms with Gasteiger partial charge >= 0.3 is 5.69 Å². The summed E-state index contributed by atoms with van der Waals surface area (Å²) in [5.74, 6) is -0.0390. The molecule has 7 nitrogen and oxygen atoms in total. The number of hydrogen-bond donors (Lipinski definition) is 1. The second kappa shape index (κ2) is 7.46. The van der Waals surface area contributed by atoms with E-state index in [0.29, 0.717) is 16.5 Å². The topological polar surface area (TPSA) is 90.7 Å². The average molecular weight is 337 g/mol. The van der Waals surface area contributed by atoms with Crippen molar-refractivity contribution in [2.75, 3.05) is 19.0 Å². The lowest BCUT2D eigenvalue weighted by Crippen LogP contribution is -2.20. The van der Waals surface area contributed by atoms with Gasteiger partial charge in [-0.25, -0.2) is 0 Å². The van der Waals surface area contributed by atoms with Crippen molar-refractivity contribution >= 4 is 28.9 Å². The number of anilines is 1. The number of para-hydroxylation sites is 2. The molecule has 0 fully saturated rings. The number of carbonyl (C=O) groups is 1. The van der Waals surface area contributed by atoms with Crippen LogP contribution in [0.3, 0.4) is 0 Å². The molecule has 0 radical (unpaired) electrons. The number of nitrogens with zero attached hydrogens (tertiary/aromatic N) is 1. The van der Waals surface area contributed by atoms with Gasteiger partial charge in [-0.1, -0.05) is 23.7 Å². The molecule has 0 aromatic heterocycles. The number of hydrogen-bond acceptors (Lipinski definition) is 5. The molecule has 0 bridgehead atoms. The van der Waals surface area contributed by atoms with Crippen LogP contribution in [0, 0.1) is 10.1 Å². The van der Waals surface area contributed by atoms with Crippen LogP contribution in [0.25, 0.3) is 0 Å². The maximum Gasteiger partial charge on any atom is 0.310 e. The standard InChI is InChI=1S/C15H13ClN2O5/c1-22-13-7-6-10(16)8-11(13)17-15(19)9-23-14-5-3-2-4-12(14)18(20)21/h2-8H,9H2,1H3,(H,17,19). The van der Waals surface area contributed by atoms with Gasteiger partial charge in [-0.3, -0.25) is 14.9 Å². The van der Waals surface area contributed by atoms with Gasteiger partial charge < -0.3 is 14.8 Å². The van der Waals surface area contributed by atoms with Crippen molar-refractivity contribution < 1.29 is 19.2 Å². The zero-order valence-electron chi connectivity index (χ0n) is 12.1. The van der Waals surface area contributed by atoms with Crippen LogP contribution < -0.4 is 14.8 Å². The predicted octanol–water partition coefficient (Wildman–Crippen LogP) is 3.27. The average Bonchev–Trinajstić information content (AvgIpc) is 2.53. The second-order valence-corrected chi connectivity index (χ2v) is 4.84. The molecule has 0 atom stereocenters. The Morgan fingerprint density at radius 3 is 2.70 bits per heavy atom. The number of nitrogens with one attached hydrogen (secondary N) is 1. The summed E-state index contributed by atoms with van der Waals surface area (Å²) in [6.07, 6.45) is 0. The Morgan fingerprint density at radius 1 is 1.26 bits per heavy atom. The summed E-state index contributed by atoms with van der Waals surface area (Å²) in [6, 6.07) is 10.6. The van der Waals surface area contributed by atoms with Gasteiger partial charge in [0.2, 0.25) is 0 Å². The second-order valence-electron chi connectivity index (χ2n) is 4.41. The highest BCUT2D eigenvalue weighted by molar-refractivity contribution is 6.31. The Kier molecular flexibility index (Phi) is 5.37. The van der Waals surface area contributed by atoms with Crippen LogP contribution in [0.2, 0.25) is 5.02 Å². The molecule has 2 aromatic carbocycles. The fourth-order valence-corrected chi connectivity index (χ4v) is 2.01. The molecule has 0 aliphatic carbocycles. The highest BCUT2D eigenvalue weighted by atomic mass is 35.5. The van der Waals surface area contributed by atoms with Crippen LogP contribution in [0.4, 0.5) is 11.4 Å². The Balaban J connectivity index is 2.04. The molecule has 0 saturated carbocycles. The molecule has 120 valence electrons. The number of rotatable bonds is 6. The summed E-state index contributed by atoms with van der Waals surface area (Å²) >= 11 is 5.87. The molecule has 0 spiro atoms. The van der Waals surface area contributed by atoms with Gasteiger partial charge in [0.25, 0.3) is 5.91 Å². The van der Waals surface area contributed by atoms with E-state index in [4.69, 9.17) is 21.1 Å². The van der Waals surface area contributed by atoms with Crippen molar-refractivity contribution in [1.29, 1.82) is 0 Å². The van der Waals surface area contributed by atoms with Gasteiger partial charge in [0.1, 0.15) is 5.75 Å². The normalized spacial score (nSPS) is 10.0. The minimum Gasteiger partial charge on any atom is -0.495 e. The zero-order valence-corrected chi connectivity index (χ0v) is 12.9. The monoisotopic (exact) mass is 336 g/mol. The number of halogens is 1. The van der Waals surface area contributed by atoms with E-state index in [-0.39, 0.29) is 18.0 Å². The van der Waals surface area contributed by atoms with Gasteiger partial charge in [0.05, 0.1) is 17.7 Å². The van der Waals surface area contributed by atoms with Crippen molar-refractivity contribution in [3.8, 4) is 11.5 Å². The summed E-state index contributed by atoms with van der Waals surface area (Å²) in [4.78, 5) is 22.2. The van der Waals surface area contributed by atoms with Gasteiger partial charge in [-0.15, -0.1) is 0 Å². The molecule has 2 rings (SSSR count). The van der Waals surface area contributed by atoms with Crippen molar-refractivity contribution in [1.82, 2.24) is 0 Å². The summed E-state index contributed by atoms with van der Waals surface area (Å²) in [5, 5.41) is 13.9. The molecule has 0 aliphatic rings. The molecule has 8 heteroatoms. The van der Waals surface area contributed by atoms with Crippen LogP contribution in [0.15, 0.2) is 42.5 Å². The Labute approximate surface area is 136 Å².